The van der Waals surface area contributed by atoms with Crippen LogP contribution in [0.25, 0.3) is 21.9 Å². The average Bonchev–Trinajstić information content (AvgIpc) is 3.80. The molecule has 7 heteroatoms. The van der Waals surface area contributed by atoms with Crippen LogP contribution in [0.5, 0.6) is 23.0 Å². The summed E-state index contributed by atoms with van der Waals surface area (Å²) in [6.07, 6.45) is 0. The SMILES string of the molecule is Cc1ccc(N(c2ccc(C)cc2)c2ccc3c(c2)Oc2cc(N(c4ccc(C)cc4)c4ccc(C)cc4)cc4c2B3c2c(cc(N(c3ccc(C)cc3)c3ccc(C)cc3)c3c2oc2ccccc23)O4)cc1. The van der Waals surface area contributed by atoms with Crippen LogP contribution in [0.4, 0.5) is 51.2 Å². The molecule has 13 rings (SSSR count). The molecule has 11 aromatic rings. The van der Waals surface area contributed by atoms with Gasteiger partial charge in [-0.25, -0.2) is 0 Å². The second-order valence-corrected chi connectivity index (χ2v) is 19.8. The van der Waals surface area contributed by atoms with Crippen LogP contribution >= 0.6 is 0 Å². The standard InChI is InChI=1S/C66H52BN3O3/c1-41-11-23-47(24-12-41)68(48-25-13-42(2)14-26-48)53-35-36-56-59(37-53)71-60-38-54(69(49-27-15-43(3)16-28-49)50-29-17-44(4)18-30-50)39-61-64(60)67(56)65-62(72-61)40-57(63-55-9-7-8-10-58(55)73-66(63)65)70(51-31-19-45(5)20-32-51)52-33-21-46(6)22-34-52/h7-40H,1-6H3. The number of hydrogen-bond donors (Lipinski definition) is 0. The van der Waals surface area contributed by atoms with Crippen molar-refractivity contribution in [3.05, 3.63) is 240 Å². The monoisotopic (exact) mass is 945 g/mol. The lowest BCUT2D eigenvalue weighted by atomic mass is 9.34. The molecule has 0 aliphatic carbocycles. The van der Waals surface area contributed by atoms with Crippen molar-refractivity contribution in [2.24, 2.45) is 0 Å². The predicted octanol–water partition coefficient (Wildman–Crippen LogP) is 16.6. The topological polar surface area (TPSA) is 41.3 Å². The van der Waals surface area contributed by atoms with Crippen molar-refractivity contribution >= 4 is 96.2 Å². The van der Waals surface area contributed by atoms with Crippen molar-refractivity contribution in [1.82, 2.24) is 0 Å². The summed E-state index contributed by atoms with van der Waals surface area (Å²) >= 11 is 0. The number of ether oxygens (including phenoxy) is 2. The molecule has 73 heavy (non-hydrogen) atoms. The molecule has 0 fully saturated rings. The summed E-state index contributed by atoms with van der Waals surface area (Å²) in [6, 6.07) is 74.0. The Morgan fingerprint density at radius 1 is 0.329 bits per heavy atom. The van der Waals surface area contributed by atoms with E-state index < -0.39 is 0 Å². The Labute approximate surface area is 427 Å². The van der Waals surface area contributed by atoms with Gasteiger partial charge in [0.15, 0.2) is 0 Å². The Hall–Kier alpha value is -8.94. The third kappa shape index (κ3) is 7.67. The zero-order valence-corrected chi connectivity index (χ0v) is 41.8. The van der Waals surface area contributed by atoms with E-state index in [9.17, 15) is 0 Å². The van der Waals surface area contributed by atoms with E-state index >= 15 is 0 Å². The summed E-state index contributed by atoms with van der Waals surface area (Å²) in [5.74, 6) is 2.94. The van der Waals surface area contributed by atoms with E-state index in [1.165, 1.54) is 33.4 Å². The predicted molar refractivity (Wildman–Crippen MR) is 304 cm³/mol. The smallest absolute Gasteiger partial charge is 0.265 e. The van der Waals surface area contributed by atoms with Crippen LogP contribution in [0.15, 0.2) is 211 Å². The van der Waals surface area contributed by atoms with Gasteiger partial charge in [-0.05, 0) is 132 Å². The van der Waals surface area contributed by atoms with Crippen LogP contribution < -0.4 is 40.6 Å². The second-order valence-electron chi connectivity index (χ2n) is 19.8. The van der Waals surface area contributed by atoms with Crippen molar-refractivity contribution in [3.63, 3.8) is 0 Å². The number of fused-ring (bicyclic) bond motifs is 8. The highest BCUT2D eigenvalue weighted by Gasteiger charge is 2.44. The molecule has 2 aliphatic rings. The minimum Gasteiger partial charge on any atom is -0.458 e. The normalized spacial score (nSPS) is 12.2. The summed E-state index contributed by atoms with van der Waals surface area (Å²) in [4.78, 5) is 6.94. The summed E-state index contributed by atoms with van der Waals surface area (Å²) in [5, 5.41) is 2.04. The van der Waals surface area contributed by atoms with Crippen molar-refractivity contribution < 1.29 is 13.9 Å². The number of benzene rings is 10. The van der Waals surface area contributed by atoms with Gasteiger partial charge in [0.1, 0.15) is 34.2 Å². The first-order valence-corrected chi connectivity index (χ1v) is 25.1. The highest BCUT2D eigenvalue weighted by atomic mass is 16.5. The molecule has 352 valence electrons. The third-order valence-electron chi connectivity index (χ3n) is 14.6. The van der Waals surface area contributed by atoms with Crippen LogP contribution in [-0.4, -0.2) is 6.71 Å². The van der Waals surface area contributed by atoms with E-state index in [2.05, 4.69) is 256 Å². The summed E-state index contributed by atoms with van der Waals surface area (Å²) in [6.45, 7) is 12.4. The Morgan fingerprint density at radius 3 is 1.16 bits per heavy atom. The molecule has 0 bridgehead atoms. The fourth-order valence-corrected chi connectivity index (χ4v) is 10.7. The Balaban J connectivity index is 1.08. The van der Waals surface area contributed by atoms with Gasteiger partial charge in [0, 0.05) is 80.4 Å². The van der Waals surface area contributed by atoms with Gasteiger partial charge in [-0.2, -0.15) is 0 Å². The van der Waals surface area contributed by atoms with Gasteiger partial charge in [-0.15, -0.1) is 0 Å². The van der Waals surface area contributed by atoms with Gasteiger partial charge < -0.3 is 28.6 Å². The van der Waals surface area contributed by atoms with Crippen LogP contribution in [0.2, 0.25) is 0 Å². The first-order chi connectivity index (χ1) is 35.6. The van der Waals surface area contributed by atoms with Crippen LogP contribution in [0, 0.1) is 41.5 Å². The molecule has 0 radical (unpaired) electrons. The largest absolute Gasteiger partial charge is 0.458 e. The molecule has 0 amide bonds. The molecular weight excluding hydrogens is 894 g/mol. The molecule has 1 aromatic heterocycles. The van der Waals surface area contributed by atoms with Gasteiger partial charge in [0.2, 0.25) is 0 Å². The molecule has 2 aliphatic heterocycles. The molecule has 0 saturated heterocycles. The van der Waals surface area contributed by atoms with E-state index in [4.69, 9.17) is 13.9 Å². The van der Waals surface area contributed by atoms with E-state index in [-0.39, 0.29) is 6.71 Å². The fourth-order valence-electron chi connectivity index (χ4n) is 10.7. The maximum absolute atomic E-state index is 7.44. The zero-order chi connectivity index (χ0) is 49.5. The molecule has 0 saturated carbocycles. The van der Waals surface area contributed by atoms with Crippen molar-refractivity contribution in [1.29, 1.82) is 0 Å². The Morgan fingerprint density at radius 2 is 0.699 bits per heavy atom. The number of anilines is 9. The number of furan rings is 1. The molecule has 3 heterocycles. The minimum atomic E-state index is -0.315. The third-order valence-corrected chi connectivity index (χ3v) is 14.6. The number of aryl methyl sites for hydroxylation is 6. The Kier molecular flexibility index (Phi) is 10.5. The van der Waals surface area contributed by atoms with Gasteiger partial charge in [0.05, 0.1) is 16.8 Å². The first-order valence-electron chi connectivity index (χ1n) is 25.1. The highest BCUT2D eigenvalue weighted by Crippen LogP contribution is 2.49. The van der Waals surface area contributed by atoms with Crippen molar-refractivity contribution in [2.75, 3.05) is 14.7 Å². The first kappa shape index (κ1) is 44.0. The van der Waals surface area contributed by atoms with Crippen LogP contribution in [-0.2, 0) is 0 Å². The summed E-state index contributed by atoms with van der Waals surface area (Å²) in [5.41, 5.74) is 20.8. The molecule has 0 unspecified atom stereocenters. The molecule has 10 aromatic carbocycles. The average molecular weight is 946 g/mol. The van der Waals surface area contributed by atoms with Gasteiger partial charge in [0.25, 0.3) is 6.71 Å². The number of hydrogen-bond acceptors (Lipinski definition) is 6. The molecule has 0 atom stereocenters. The maximum atomic E-state index is 7.44. The van der Waals surface area contributed by atoms with Crippen LogP contribution in [0.3, 0.4) is 0 Å². The summed E-state index contributed by atoms with van der Waals surface area (Å²) in [7, 11) is 0. The van der Waals surface area contributed by atoms with Crippen molar-refractivity contribution in [2.45, 2.75) is 41.5 Å². The zero-order valence-electron chi connectivity index (χ0n) is 41.8. The highest BCUT2D eigenvalue weighted by molar-refractivity contribution is 6.99. The van der Waals surface area contributed by atoms with E-state index in [0.717, 1.165) is 113 Å². The number of para-hydroxylation sites is 1. The van der Waals surface area contributed by atoms with Crippen molar-refractivity contribution in [3.8, 4) is 23.0 Å². The van der Waals surface area contributed by atoms with Gasteiger partial charge in [-0.1, -0.05) is 130 Å². The number of rotatable bonds is 9. The van der Waals surface area contributed by atoms with Gasteiger partial charge >= 0.3 is 0 Å². The van der Waals surface area contributed by atoms with E-state index in [1.54, 1.807) is 0 Å². The lowest BCUT2D eigenvalue weighted by molar-refractivity contribution is 0.465. The fraction of sp³-hybridized carbons (Fsp3) is 0.0909. The summed E-state index contributed by atoms with van der Waals surface area (Å²) < 4.78 is 22.0. The minimum absolute atomic E-state index is 0.315. The lowest BCUT2D eigenvalue weighted by Crippen LogP contribution is -2.57. The number of nitrogens with zero attached hydrogens (tertiary/aromatic N) is 3. The molecule has 0 N–H and O–H groups in total. The molecular formula is C66H52BN3O3. The Bertz CT molecular complexity index is 3750. The molecule has 0 spiro atoms. The molecule has 6 nitrogen and oxygen atoms in total. The second kappa shape index (κ2) is 17.4. The quantitative estimate of drug-likeness (QED) is 0.134. The van der Waals surface area contributed by atoms with Gasteiger partial charge in [-0.3, -0.25) is 0 Å². The van der Waals surface area contributed by atoms with E-state index in [0.29, 0.717) is 0 Å². The van der Waals surface area contributed by atoms with E-state index in [1.807, 2.05) is 6.07 Å². The lowest BCUT2D eigenvalue weighted by Gasteiger charge is -2.36. The maximum Gasteiger partial charge on any atom is 0.265 e. The van der Waals surface area contributed by atoms with Crippen LogP contribution in [0.1, 0.15) is 33.4 Å².